The zero-order chi connectivity index (χ0) is 27.0. The number of hydrogen-bond acceptors (Lipinski definition) is 6. The molecule has 4 aromatic rings. The first-order valence-corrected chi connectivity index (χ1v) is 12.2. The normalized spacial score (nSPS) is 16.3. The lowest BCUT2D eigenvalue weighted by atomic mass is 9.91. The van der Waals surface area contributed by atoms with Gasteiger partial charge in [0.05, 0.1) is 30.5 Å². The van der Waals surface area contributed by atoms with Crippen molar-refractivity contribution in [1.29, 1.82) is 0 Å². The first-order chi connectivity index (χ1) is 18.1. The number of carbonyl (C=O) groups excluding carboxylic acids is 1. The molecule has 0 spiro atoms. The molecule has 0 unspecified atom stereocenters. The van der Waals surface area contributed by atoms with Crippen molar-refractivity contribution in [3.63, 3.8) is 0 Å². The molecule has 3 aromatic heterocycles. The fraction of sp³-hybridized carbons (Fsp3) is 0.375. The van der Waals surface area contributed by atoms with E-state index in [1.807, 2.05) is 0 Å². The average molecular weight is 550 g/mol. The number of halogens is 4. The molecule has 0 bridgehead atoms. The molecule has 1 atom stereocenters. The quantitative estimate of drug-likeness (QED) is 0.379. The van der Waals surface area contributed by atoms with Crippen molar-refractivity contribution >= 4 is 28.5 Å². The van der Waals surface area contributed by atoms with Crippen LogP contribution in [0.3, 0.4) is 0 Å². The number of rotatable bonds is 7. The molecule has 1 aliphatic heterocycles. The van der Waals surface area contributed by atoms with E-state index in [0.29, 0.717) is 16.4 Å². The molecule has 0 radical (unpaired) electrons. The largest absolute Gasteiger partial charge is 0.388 e. The predicted molar refractivity (Wildman–Crippen MR) is 131 cm³/mol. The van der Waals surface area contributed by atoms with Gasteiger partial charge >= 0.3 is 0 Å². The fourth-order valence-electron chi connectivity index (χ4n) is 4.59. The lowest BCUT2D eigenvalue weighted by Crippen LogP contribution is -2.50. The van der Waals surface area contributed by atoms with Crippen LogP contribution in [0, 0.1) is 5.95 Å². The number of benzene rings is 1. The van der Waals surface area contributed by atoms with Gasteiger partial charge in [-0.2, -0.15) is 9.49 Å². The van der Waals surface area contributed by atoms with Crippen molar-refractivity contribution in [2.24, 2.45) is 0 Å². The van der Waals surface area contributed by atoms with Crippen LogP contribution in [0.5, 0.6) is 0 Å². The van der Waals surface area contributed by atoms with Crippen LogP contribution in [0.1, 0.15) is 25.3 Å². The molecular weight excluding hydrogens is 527 g/mol. The minimum atomic E-state index is -2.92. The van der Waals surface area contributed by atoms with E-state index >= 15 is 0 Å². The topological polar surface area (TPSA) is 111 Å². The summed E-state index contributed by atoms with van der Waals surface area (Å²) in [6.07, 6.45) is 0.589. The van der Waals surface area contributed by atoms with E-state index in [2.05, 4.69) is 15.2 Å². The van der Waals surface area contributed by atoms with Gasteiger partial charge in [0.25, 0.3) is 12.0 Å². The van der Waals surface area contributed by atoms with E-state index < -0.39 is 36.3 Å². The lowest BCUT2D eigenvalue weighted by Gasteiger charge is -2.38. The third-order valence-corrected chi connectivity index (χ3v) is 6.98. The molecule has 1 fully saturated rings. The van der Waals surface area contributed by atoms with Gasteiger partial charge in [-0.1, -0.05) is 11.6 Å². The predicted octanol–water partition coefficient (Wildman–Crippen LogP) is 2.82. The lowest BCUT2D eigenvalue weighted by molar-refractivity contribution is -0.138. The summed E-state index contributed by atoms with van der Waals surface area (Å²) < 4.78 is 43.8. The van der Waals surface area contributed by atoms with Crippen LogP contribution in [0.4, 0.5) is 13.2 Å². The number of carbonyl (C=O) groups is 1. The molecule has 1 amide bonds. The van der Waals surface area contributed by atoms with E-state index in [9.17, 15) is 27.9 Å². The first-order valence-electron chi connectivity index (χ1n) is 11.8. The van der Waals surface area contributed by atoms with Crippen LogP contribution in [0.25, 0.3) is 16.7 Å². The zero-order valence-corrected chi connectivity index (χ0v) is 20.7. The van der Waals surface area contributed by atoms with Crippen molar-refractivity contribution in [3.8, 4) is 5.69 Å². The second kappa shape index (κ2) is 10.2. The number of aromatic nitrogens is 6. The number of piperidine rings is 1. The highest BCUT2D eigenvalue weighted by Crippen LogP contribution is 2.27. The molecule has 0 saturated carbocycles. The smallest absolute Gasteiger partial charge is 0.264 e. The molecule has 1 saturated heterocycles. The summed E-state index contributed by atoms with van der Waals surface area (Å²) in [6.45, 7) is 0.157. The summed E-state index contributed by atoms with van der Waals surface area (Å²) >= 11 is 5.94. The van der Waals surface area contributed by atoms with Gasteiger partial charge in [0, 0.05) is 30.4 Å². The number of fused-ring (bicyclic) bond motifs is 1. The van der Waals surface area contributed by atoms with Gasteiger partial charge in [0.2, 0.25) is 11.9 Å². The van der Waals surface area contributed by atoms with Gasteiger partial charge < -0.3 is 10.0 Å². The second-order valence-electron chi connectivity index (χ2n) is 9.28. The molecular formula is C24H23ClF3N7O3. The molecule has 5 rings (SSSR count). The van der Waals surface area contributed by atoms with Gasteiger partial charge in [-0.15, -0.1) is 5.10 Å². The second-order valence-corrected chi connectivity index (χ2v) is 9.71. The highest BCUT2D eigenvalue weighted by molar-refractivity contribution is 6.30. The summed E-state index contributed by atoms with van der Waals surface area (Å²) in [5.41, 5.74) is -0.661. The Morgan fingerprint density at radius 2 is 1.87 bits per heavy atom. The molecule has 38 heavy (non-hydrogen) atoms. The van der Waals surface area contributed by atoms with Crippen LogP contribution >= 0.6 is 11.6 Å². The summed E-state index contributed by atoms with van der Waals surface area (Å²) in [5.74, 6) is -1.46. The Kier molecular flexibility index (Phi) is 6.97. The van der Waals surface area contributed by atoms with Crippen LogP contribution in [-0.4, -0.2) is 70.1 Å². The third kappa shape index (κ3) is 5.16. The molecule has 14 heteroatoms. The number of alkyl halides is 2. The van der Waals surface area contributed by atoms with Gasteiger partial charge in [0.15, 0.2) is 5.65 Å². The van der Waals surface area contributed by atoms with Crippen LogP contribution in [-0.2, 0) is 11.3 Å². The number of amides is 1. The van der Waals surface area contributed by atoms with Crippen molar-refractivity contribution in [1.82, 2.24) is 34.0 Å². The SMILES string of the molecule is O=C(C[C@H](C(F)F)n1ccc(F)n1)N1CCC(O)(Cn2cnc3c(cnn3-c3ccc(Cl)cc3)c2=O)CC1. The number of hydrogen-bond donors (Lipinski definition) is 1. The van der Waals surface area contributed by atoms with Gasteiger partial charge in [-0.3, -0.25) is 18.8 Å². The Morgan fingerprint density at radius 3 is 2.50 bits per heavy atom. The van der Waals surface area contributed by atoms with Crippen molar-refractivity contribution in [2.45, 2.75) is 43.9 Å². The maximum Gasteiger partial charge on any atom is 0.264 e. The Morgan fingerprint density at radius 1 is 1.16 bits per heavy atom. The molecule has 1 N–H and O–H groups in total. The van der Waals surface area contributed by atoms with Crippen molar-refractivity contribution in [2.75, 3.05) is 13.1 Å². The van der Waals surface area contributed by atoms with Gasteiger partial charge in [0.1, 0.15) is 17.8 Å². The standard InChI is InChI=1S/C24H23ClF3N7O3/c25-15-1-3-16(4-2-15)35-22-17(12-30-35)23(37)33(14-29-22)13-24(38)6-9-32(10-7-24)20(36)11-18(21(27)28)34-8-5-19(26)31-34/h1-5,8,12,14,18,21,38H,6-7,9-11,13H2/t18-/m1/s1. The number of likely N-dealkylation sites (tertiary alicyclic amines) is 1. The molecule has 4 heterocycles. The van der Waals surface area contributed by atoms with Crippen LogP contribution in [0.2, 0.25) is 5.02 Å². The Bertz CT molecular complexity index is 1510. The molecule has 1 aromatic carbocycles. The minimum absolute atomic E-state index is 0.0604. The van der Waals surface area contributed by atoms with Crippen LogP contribution < -0.4 is 5.56 Å². The Hall–Kier alpha value is -3.71. The van der Waals surface area contributed by atoms with Crippen molar-refractivity contribution in [3.05, 3.63) is 70.4 Å². The van der Waals surface area contributed by atoms with E-state index in [0.717, 1.165) is 16.9 Å². The summed E-state index contributed by atoms with van der Waals surface area (Å²) in [4.78, 5) is 31.5. The molecule has 1 aliphatic rings. The van der Waals surface area contributed by atoms with E-state index in [1.54, 1.807) is 24.3 Å². The maximum atomic E-state index is 13.5. The minimum Gasteiger partial charge on any atom is -0.388 e. The highest BCUT2D eigenvalue weighted by Gasteiger charge is 2.36. The molecule has 10 nitrogen and oxygen atoms in total. The Balaban J connectivity index is 1.25. The van der Waals surface area contributed by atoms with Gasteiger partial charge in [-0.05, 0) is 37.1 Å². The van der Waals surface area contributed by atoms with E-state index in [-0.39, 0.29) is 43.4 Å². The third-order valence-electron chi connectivity index (χ3n) is 6.73. The average Bonchev–Trinajstić information content (AvgIpc) is 3.51. The molecule has 200 valence electrons. The molecule has 0 aliphatic carbocycles. The maximum absolute atomic E-state index is 13.5. The summed E-state index contributed by atoms with van der Waals surface area (Å²) in [6, 6.07) is 6.23. The Labute approximate surface area is 218 Å². The fourth-order valence-corrected chi connectivity index (χ4v) is 4.71. The number of aliphatic hydroxyl groups is 1. The highest BCUT2D eigenvalue weighted by atomic mass is 35.5. The zero-order valence-electron chi connectivity index (χ0n) is 19.9. The van der Waals surface area contributed by atoms with E-state index in [4.69, 9.17) is 11.6 Å². The van der Waals surface area contributed by atoms with Crippen LogP contribution in [0.15, 0.2) is 53.8 Å². The van der Waals surface area contributed by atoms with E-state index in [1.165, 1.54) is 26.7 Å². The summed E-state index contributed by atoms with van der Waals surface area (Å²) in [5, 5.41) is 19.6. The first kappa shape index (κ1) is 25.9. The summed E-state index contributed by atoms with van der Waals surface area (Å²) in [7, 11) is 0. The number of nitrogens with zero attached hydrogens (tertiary/aromatic N) is 7. The van der Waals surface area contributed by atoms with Crippen molar-refractivity contribution < 1.29 is 23.1 Å². The van der Waals surface area contributed by atoms with Gasteiger partial charge in [-0.25, -0.2) is 18.4 Å². The monoisotopic (exact) mass is 549 g/mol.